The Bertz CT molecular complexity index is 928. The molecule has 0 unspecified atom stereocenters. The van der Waals surface area contributed by atoms with Crippen molar-refractivity contribution in [2.45, 2.75) is 23.5 Å². The van der Waals surface area contributed by atoms with Crippen molar-refractivity contribution in [3.8, 4) is 11.4 Å². The predicted molar refractivity (Wildman–Crippen MR) is 114 cm³/mol. The van der Waals surface area contributed by atoms with E-state index in [0.717, 1.165) is 27.1 Å². The number of benzene rings is 2. The van der Waals surface area contributed by atoms with Crippen LogP contribution in [0.2, 0.25) is 5.02 Å². The van der Waals surface area contributed by atoms with Crippen molar-refractivity contribution in [1.82, 2.24) is 14.8 Å². The third-order valence-corrected chi connectivity index (χ3v) is 5.86. The molecule has 1 amide bonds. The molecule has 8 heteroatoms. The van der Waals surface area contributed by atoms with Crippen molar-refractivity contribution in [3.05, 3.63) is 53.6 Å². The third kappa shape index (κ3) is 4.86. The van der Waals surface area contributed by atoms with Crippen molar-refractivity contribution in [1.29, 1.82) is 0 Å². The molecule has 0 spiro atoms. The van der Waals surface area contributed by atoms with Crippen LogP contribution in [-0.4, -0.2) is 32.7 Å². The molecule has 3 rings (SSSR count). The van der Waals surface area contributed by atoms with Crippen LogP contribution in [0.5, 0.6) is 0 Å². The Morgan fingerprint density at radius 2 is 1.89 bits per heavy atom. The Morgan fingerprint density at radius 1 is 1.15 bits per heavy atom. The van der Waals surface area contributed by atoms with E-state index in [9.17, 15) is 4.79 Å². The number of carbonyl (C=O) groups excluding carboxylic acids is 1. The summed E-state index contributed by atoms with van der Waals surface area (Å²) in [7, 11) is 0. The van der Waals surface area contributed by atoms with Crippen molar-refractivity contribution < 1.29 is 4.79 Å². The van der Waals surface area contributed by atoms with Crippen LogP contribution in [0.1, 0.15) is 6.92 Å². The number of rotatable bonds is 7. The number of carbonyl (C=O) groups is 1. The number of amides is 1. The number of aromatic nitrogens is 3. The molecular weight excluding hydrogens is 400 g/mol. The lowest BCUT2D eigenvalue weighted by Gasteiger charge is -2.10. The zero-order valence-corrected chi connectivity index (χ0v) is 17.4. The highest BCUT2D eigenvalue weighted by molar-refractivity contribution is 7.99. The molecule has 27 heavy (non-hydrogen) atoms. The molecule has 0 radical (unpaired) electrons. The topological polar surface area (TPSA) is 59.8 Å². The minimum absolute atomic E-state index is 0.0693. The molecule has 0 atom stereocenters. The number of para-hydroxylation sites is 1. The normalized spacial score (nSPS) is 10.8. The first-order valence-corrected chi connectivity index (χ1v) is 11.0. The van der Waals surface area contributed by atoms with Gasteiger partial charge in [-0.1, -0.05) is 35.5 Å². The minimum atomic E-state index is -0.0693. The molecule has 0 fully saturated rings. The highest BCUT2D eigenvalue weighted by atomic mass is 35.5. The number of hydrogen-bond donors (Lipinski definition) is 1. The van der Waals surface area contributed by atoms with E-state index in [0.29, 0.717) is 11.6 Å². The number of hydrogen-bond acceptors (Lipinski definition) is 5. The molecule has 0 saturated carbocycles. The average Bonchev–Trinajstić information content (AvgIpc) is 3.10. The van der Waals surface area contributed by atoms with Gasteiger partial charge in [-0.2, -0.15) is 0 Å². The largest absolute Gasteiger partial charge is 0.324 e. The van der Waals surface area contributed by atoms with Crippen LogP contribution in [0.3, 0.4) is 0 Å². The van der Waals surface area contributed by atoms with Gasteiger partial charge in [0.1, 0.15) is 0 Å². The maximum Gasteiger partial charge on any atom is 0.234 e. The molecule has 0 aliphatic carbocycles. The molecular formula is C19H19ClN4OS2. The summed E-state index contributed by atoms with van der Waals surface area (Å²) in [5.74, 6) is 0.964. The molecule has 0 aliphatic rings. The van der Waals surface area contributed by atoms with E-state index in [2.05, 4.69) is 15.5 Å². The maximum absolute atomic E-state index is 12.4. The quantitative estimate of drug-likeness (QED) is 0.542. The summed E-state index contributed by atoms with van der Waals surface area (Å²) in [6.45, 7) is 2.74. The molecule has 3 aromatic rings. The van der Waals surface area contributed by atoms with E-state index in [1.165, 1.54) is 11.8 Å². The summed E-state index contributed by atoms with van der Waals surface area (Å²) in [5, 5.41) is 12.9. The van der Waals surface area contributed by atoms with E-state index >= 15 is 0 Å². The van der Waals surface area contributed by atoms with Gasteiger partial charge in [0.15, 0.2) is 11.0 Å². The van der Waals surface area contributed by atoms with Gasteiger partial charge in [0, 0.05) is 22.0 Å². The van der Waals surface area contributed by atoms with E-state index in [4.69, 9.17) is 11.6 Å². The van der Waals surface area contributed by atoms with E-state index < -0.39 is 0 Å². The van der Waals surface area contributed by atoms with Crippen molar-refractivity contribution in [2.24, 2.45) is 0 Å². The van der Waals surface area contributed by atoms with Gasteiger partial charge in [-0.15, -0.1) is 22.0 Å². The lowest BCUT2D eigenvalue weighted by atomic mass is 10.2. The Kier molecular flexibility index (Phi) is 6.82. The van der Waals surface area contributed by atoms with Crippen molar-refractivity contribution in [3.63, 3.8) is 0 Å². The van der Waals surface area contributed by atoms with E-state index in [1.807, 2.05) is 66.3 Å². The second-order valence-electron chi connectivity index (χ2n) is 5.59. The van der Waals surface area contributed by atoms with Crippen molar-refractivity contribution in [2.75, 3.05) is 17.3 Å². The molecule has 1 aromatic heterocycles. The van der Waals surface area contributed by atoms with Gasteiger partial charge in [-0.05, 0) is 49.6 Å². The van der Waals surface area contributed by atoms with Crippen LogP contribution in [0.25, 0.3) is 11.4 Å². The third-order valence-electron chi connectivity index (χ3n) is 3.85. The Morgan fingerprint density at radius 3 is 2.59 bits per heavy atom. The number of halogens is 1. The molecule has 140 valence electrons. The van der Waals surface area contributed by atoms with Gasteiger partial charge in [0.25, 0.3) is 0 Å². The average molecular weight is 419 g/mol. The van der Waals surface area contributed by atoms with Crippen LogP contribution in [-0.2, 0) is 11.3 Å². The Labute approximate surface area is 171 Å². The SMILES string of the molecule is CCn1c(SCC(=O)Nc2ccccc2SC)nnc1-c1ccc(Cl)cc1. The van der Waals surface area contributed by atoms with Gasteiger partial charge >= 0.3 is 0 Å². The number of anilines is 1. The maximum atomic E-state index is 12.4. The fourth-order valence-corrected chi connectivity index (χ4v) is 4.04. The summed E-state index contributed by atoms with van der Waals surface area (Å²) in [4.78, 5) is 13.4. The molecule has 1 heterocycles. The van der Waals surface area contributed by atoms with Crippen molar-refractivity contribution >= 4 is 46.7 Å². The fourth-order valence-electron chi connectivity index (χ4n) is 2.56. The lowest BCUT2D eigenvalue weighted by Crippen LogP contribution is -2.15. The van der Waals surface area contributed by atoms with Gasteiger partial charge < -0.3 is 9.88 Å². The predicted octanol–water partition coefficient (Wildman–Crippen LogP) is 5.07. The number of thioether (sulfide) groups is 2. The molecule has 5 nitrogen and oxygen atoms in total. The highest BCUT2D eigenvalue weighted by Crippen LogP contribution is 2.27. The summed E-state index contributed by atoms with van der Waals surface area (Å²) >= 11 is 8.94. The molecule has 2 aromatic carbocycles. The summed E-state index contributed by atoms with van der Waals surface area (Å²) in [6.07, 6.45) is 1.99. The van der Waals surface area contributed by atoms with E-state index in [1.54, 1.807) is 11.8 Å². The Balaban J connectivity index is 1.69. The van der Waals surface area contributed by atoms with Gasteiger partial charge in [0.2, 0.25) is 5.91 Å². The highest BCUT2D eigenvalue weighted by Gasteiger charge is 2.15. The minimum Gasteiger partial charge on any atom is -0.324 e. The van der Waals surface area contributed by atoms with Crippen LogP contribution < -0.4 is 5.32 Å². The zero-order valence-electron chi connectivity index (χ0n) is 15.0. The monoisotopic (exact) mass is 418 g/mol. The fraction of sp³-hybridized carbons (Fsp3) is 0.211. The second kappa shape index (κ2) is 9.30. The lowest BCUT2D eigenvalue weighted by molar-refractivity contribution is -0.113. The van der Waals surface area contributed by atoms with Crippen LogP contribution in [0, 0.1) is 0 Å². The molecule has 0 saturated heterocycles. The molecule has 0 aliphatic heterocycles. The summed E-state index contributed by atoms with van der Waals surface area (Å²) in [5.41, 5.74) is 1.77. The standard InChI is InChI=1S/C19H19ClN4OS2/c1-3-24-18(13-8-10-14(20)11-9-13)22-23-19(24)27-12-17(25)21-15-6-4-5-7-16(15)26-2/h4-11H,3,12H2,1-2H3,(H,21,25). The second-order valence-corrected chi connectivity index (χ2v) is 7.82. The molecule has 0 bridgehead atoms. The van der Waals surface area contributed by atoms with Crippen LogP contribution >= 0.6 is 35.1 Å². The van der Waals surface area contributed by atoms with Crippen LogP contribution in [0.4, 0.5) is 5.69 Å². The Hall–Kier alpha value is -1.96. The van der Waals surface area contributed by atoms with Gasteiger partial charge in [-0.3, -0.25) is 4.79 Å². The summed E-state index contributed by atoms with van der Waals surface area (Å²) < 4.78 is 2.00. The first-order valence-electron chi connectivity index (χ1n) is 8.37. The van der Waals surface area contributed by atoms with E-state index in [-0.39, 0.29) is 11.7 Å². The first-order chi connectivity index (χ1) is 13.1. The smallest absolute Gasteiger partial charge is 0.234 e. The number of nitrogens with zero attached hydrogens (tertiary/aromatic N) is 3. The van der Waals surface area contributed by atoms with Gasteiger partial charge in [-0.25, -0.2) is 0 Å². The number of nitrogens with one attached hydrogen (secondary N) is 1. The first kappa shape index (κ1) is 19.8. The van der Waals surface area contributed by atoms with Gasteiger partial charge in [0.05, 0.1) is 11.4 Å². The summed E-state index contributed by atoms with van der Waals surface area (Å²) in [6, 6.07) is 15.2. The molecule has 1 N–H and O–H groups in total. The van der Waals surface area contributed by atoms with Crippen LogP contribution in [0.15, 0.2) is 58.6 Å². The zero-order chi connectivity index (χ0) is 19.2.